The first-order valence-corrected chi connectivity index (χ1v) is 13.2. The van der Waals surface area contributed by atoms with E-state index in [9.17, 15) is 0 Å². The van der Waals surface area contributed by atoms with Gasteiger partial charge in [-0.15, -0.1) is 21.5 Å². The quantitative estimate of drug-likeness (QED) is 0.273. The number of hydrogen-bond acceptors (Lipinski definition) is 4. The Bertz CT molecular complexity index is 1330. The highest BCUT2D eigenvalue weighted by Crippen LogP contribution is 2.37. The molecule has 5 rings (SSSR count). The number of aryl methyl sites for hydroxylation is 4. The zero-order valence-electron chi connectivity index (χ0n) is 19.9. The maximum atomic E-state index is 6.62. The van der Waals surface area contributed by atoms with Crippen molar-refractivity contribution in [1.82, 2.24) is 14.8 Å². The minimum Gasteiger partial charge on any atom is -0.273 e. The third kappa shape index (κ3) is 4.47. The molecule has 0 amide bonds. The summed E-state index contributed by atoms with van der Waals surface area (Å²) in [5.41, 5.74) is 5.80. The molecule has 4 aromatic rings. The van der Waals surface area contributed by atoms with Gasteiger partial charge in [-0.25, -0.2) is 0 Å². The molecule has 0 bridgehead atoms. The maximum Gasteiger partial charge on any atom is 0.162 e. The number of thiophene rings is 1. The van der Waals surface area contributed by atoms with Gasteiger partial charge < -0.3 is 0 Å². The summed E-state index contributed by atoms with van der Waals surface area (Å²) in [6.45, 7) is 6.31. The van der Waals surface area contributed by atoms with Crippen LogP contribution < -0.4 is 0 Å². The molecule has 3 heterocycles. The number of fused-ring (bicyclic) bond motifs is 3. The molecule has 2 aromatic carbocycles. The summed E-state index contributed by atoms with van der Waals surface area (Å²) in [7, 11) is 0. The minimum absolute atomic E-state index is 0.109. The number of nitrogens with zero attached hydrogens (tertiary/aromatic N) is 4. The molecule has 0 saturated carbocycles. The lowest BCUT2D eigenvalue weighted by atomic mass is 10.0. The third-order valence-electron chi connectivity index (χ3n) is 6.40. The molecule has 0 fully saturated rings. The molecule has 34 heavy (non-hydrogen) atoms. The average Bonchev–Trinajstić information content (AvgIpc) is 3.41. The smallest absolute Gasteiger partial charge is 0.162 e. The lowest BCUT2D eigenvalue weighted by Crippen LogP contribution is -2.05. The second-order valence-electron chi connectivity index (χ2n) is 8.93. The minimum atomic E-state index is -0.109. The van der Waals surface area contributed by atoms with Crippen molar-refractivity contribution in [2.75, 3.05) is 0 Å². The highest BCUT2D eigenvalue weighted by atomic mass is 35.5. The Morgan fingerprint density at radius 3 is 2.41 bits per heavy atom. The van der Waals surface area contributed by atoms with Crippen LogP contribution >= 0.6 is 22.9 Å². The van der Waals surface area contributed by atoms with Crippen LogP contribution in [-0.2, 0) is 19.3 Å². The topological polar surface area (TPSA) is 43.1 Å². The molecule has 1 aliphatic rings. The average molecular weight is 489 g/mol. The fourth-order valence-corrected chi connectivity index (χ4v) is 5.94. The fourth-order valence-electron chi connectivity index (χ4n) is 4.50. The van der Waals surface area contributed by atoms with Gasteiger partial charge >= 0.3 is 0 Å². The first kappa shape index (κ1) is 23.0. The number of halogens is 1. The van der Waals surface area contributed by atoms with Crippen molar-refractivity contribution < 1.29 is 0 Å². The van der Waals surface area contributed by atoms with Gasteiger partial charge in [0, 0.05) is 21.0 Å². The van der Waals surface area contributed by atoms with Crippen molar-refractivity contribution in [2.24, 2.45) is 4.99 Å². The molecule has 2 aromatic heterocycles. The Morgan fingerprint density at radius 2 is 1.68 bits per heavy atom. The van der Waals surface area contributed by atoms with Gasteiger partial charge in [0.15, 0.2) is 5.82 Å². The molecule has 0 saturated heterocycles. The van der Waals surface area contributed by atoms with Gasteiger partial charge in [-0.05, 0) is 62.8 Å². The summed E-state index contributed by atoms with van der Waals surface area (Å²) in [5.74, 6) is 1.76. The van der Waals surface area contributed by atoms with E-state index in [1.807, 2.05) is 42.5 Å². The maximum absolute atomic E-state index is 6.62. The third-order valence-corrected chi connectivity index (χ3v) is 7.91. The van der Waals surface area contributed by atoms with Crippen molar-refractivity contribution in [3.8, 4) is 5.00 Å². The van der Waals surface area contributed by atoms with Crippen LogP contribution in [0.1, 0.15) is 71.5 Å². The van der Waals surface area contributed by atoms with Crippen molar-refractivity contribution in [1.29, 1.82) is 0 Å². The number of rotatable bonds is 7. The lowest BCUT2D eigenvalue weighted by molar-refractivity contribution is 0.724. The van der Waals surface area contributed by atoms with Crippen LogP contribution in [0.3, 0.4) is 0 Å². The first-order chi connectivity index (χ1) is 16.5. The van der Waals surface area contributed by atoms with Gasteiger partial charge in [0.2, 0.25) is 0 Å². The second-order valence-corrected chi connectivity index (χ2v) is 10.4. The normalized spacial score (nSPS) is 14.9. The van der Waals surface area contributed by atoms with E-state index in [1.54, 1.807) is 0 Å². The SMILES string of the molecule is CCCCc1ccc(CCc2cc3c(s2)-n2c(C)nnc2C(C)N=C3c2ccccc2Cl)cc1. The zero-order chi connectivity index (χ0) is 23.7. The van der Waals surface area contributed by atoms with Crippen LogP contribution in [-0.4, -0.2) is 20.5 Å². The molecule has 1 unspecified atom stereocenters. The van der Waals surface area contributed by atoms with Gasteiger partial charge in [0.25, 0.3) is 0 Å². The number of benzene rings is 2. The van der Waals surface area contributed by atoms with E-state index < -0.39 is 0 Å². The van der Waals surface area contributed by atoms with Crippen LogP contribution in [0, 0.1) is 6.92 Å². The first-order valence-electron chi connectivity index (χ1n) is 12.0. The van der Waals surface area contributed by atoms with Crippen LogP contribution in [0.15, 0.2) is 59.6 Å². The Kier molecular flexibility index (Phi) is 6.66. The van der Waals surface area contributed by atoms with E-state index in [2.05, 4.69) is 58.9 Å². The van der Waals surface area contributed by atoms with Gasteiger partial charge in [0.1, 0.15) is 16.9 Å². The van der Waals surface area contributed by atoms with E-state index in [1.165, 1.54) is 28.8 Å². The molecule has 6 heteroatoms. The van der Waals surface area contributed by atoms with Crippen LogP contribution in [0.25, 0.3) is 5.00 Å². The molecular formula is C28H29ClN4S. The fraction of sp³-hybridized carbons (Fsp3) is 0.321. The summed E-state index contributed by atoms with van der Waals surface area (Å²) >= 11 is 8.43. The summed E-state index contributed by atoms with van der Waals surface area (Å²) < 4.78 is 2.17. The van der Waals surface area contributed by atoms with E-state index >= 15 is 0 Å². The van der Waals surface area contributed by atoms with Gasteiger partial charge in [-0.1, -0.05) is 67.4 Å². The van der Waals surface area contributed by atoms with Crippen molar-refractivity contribution in [3.63, 3.8) is 0 Å². The molecule has 174 valence electrons. The van der Waals surface area contributed by atoms with Crippen LogP contribution in [0.5, 0.6) is 0 Å². The Morgan fingerprint density at radius 1 is 0.941 bits per heavy atom. The Hall–Kier alpha value is -2.76. The molecular weight excluding hydrogens is 460 g/mol. The van der Waals surface area contributed by atoms with Crippen molar-refractivity contribution in [2.45, 2.75) is 58.9 Å². The molecule has 0 radical (unpaired) electrons. The lowest BCUT2D eigenvalue weighted by Gasteiger charge is -2.09. The van der Waals surface area contributed by atoms with E-state index in [0.29, 0.717) is 5.02 Å². The summed E-state index contributed by atoms with van der Waals surface area (Å²) in [6.07, 6.45) is 5.64. The summed E-state index contributed by atoms with van der Waals surface area (Å²) in [6, 6.07) is 19.3. The zero-order valence-corrected chi connectivity index (χ0v) is 21.5. The largest absolute Gasteiger partial charge is 0.273 e. The highest BCUT2D eigenvalue weighted by Gasteiger charge is 2.28. The second kappa shape index (κ2) is 9.85. The Balaban J connectivity index is 1.48. The van der Waals surface area contributed by atoms with Gasteiger partial charge in [-0.2, -0.15) is 0 Å². The van der Waals surface area contributed by atoms with E-state index in [0.717, 1.165) is 52.8 Å². The molecule has 1 atom stereocenters. The number of unbranched alkanes of at least 4 members (excludes halogenated alkanes) is 1. The van der Waals surface area contributed by atoms with Gasteiger partial charge in [0.05, 0.1) is 5.71 Å². The number of aliphatic imine (C=N–C) groups is 1. The number of hydrogen-bond donors (Lipinski definition) is 0. The Labute approximate surface area is 210 Å². The van der Waals surface area contributed by atoms with E-state index in [-0.39, 0.29) is 6.04 Å². The van der Waals surface area contributed by atoms with Crippen molar-refractivity contribution in [3.05, 3.63) is 98.4 Å². The number of aromatic nitrogens is 3. The highest BCUT2D eigenvalue weighted by molar-refractivity contribution is 7.15. The molecule has 0 N–H and O–H groups in total. The molecule has 0 aliphatic carbocycles. The van der Waals surface area contributed by atoms with Crippen molar-refractivity contribution >= 4 is 28.6 Å². The predicted molar refractivity (Wildman–Crippen MR) is 142 cm³/mol. The predicted octanol–water partition coefficient (Wildman–Crippen LogP) is 7.33. The van der Waals surface area contributed by atoms with Crippen LogP contribution in [0.4, 0.5) is 0 Å². The standard InChI is InChI=1S/C28H29ClN4S/c1-4-5-8-20-11-13-21(14-12-20)15-16-22-17-24-26(23-9-6-7-10-25(23)29)30-18(2)27-32-31-19(3)33(27)28(24)34-22/h6-7,9-14,17-18H,4-5,8,15-16H2,1-3H3. The van der Waals surface area contributed by atoms with Gasteiger partial charge in [-0.3, -0.25) is 9.56 Å². The molecule has 4 nitrogen and oxygen atoms in total. The monoisotopic (exact) mass is 488 g/mol. The van der Waals surface area contributed by atoms with E-state index in [4.69, 9.17) is 16.6 Å². The molecule has 0 spiro atoms. The van der Waals surface area contributed by atoms with Crippen LogP contribution in [0.2, 0.25) is 5.02 Å². The summed E-state index contributed by atoms with van der Waals surface area (Å²) in [5, 5.41) is 10.7. The summed E-state index contributed by atoms with van der Waals surface area (Å²) in [4.78, 5) is 6.41. The molecule has 1 aliphatic heterocycles.